The molecule has 86 valence electrons. The zero-order chi connectivity index (χ0) is 11.4. The van der Waals surface area contributed by atoms with Gasteiger partial charge in [0.1, 0.15) is 0 Å². The highest BCUT2D eigenvalue weighted by molar-refractivity contribution is 7.09. The molecule has 0 aromatic carbocycles. The van der Waals surface area contributed by atoms with Crippen molar-refractivity contribution in [1.29, 1.82) is 0 Å². The van der Waals surface area contributed by atoms with E-state index in [0.717, 1.165) is 18.7 Å². The molecular weight excluding hydrogens is 222 g/mol. The smallest absolute Gasteiger partial charge is 0.226 e. The van der Waals surface area contributed by atoms with Gasteiger partial charge in [-0.3, -0.25) is 0 Å². The number of hydrogen-bond donors (Lipinski definition) is 1. The molecule has 5 heteroatoms. The Kier molecular flexibility index (Phi) is 3.69. The fourth-order valence-corrected chi connectivity index (χ4v) is 2.10. The van der Waals surface area contributed by atoms with Crippen LogP contribution in [0.3, 0.4) is 0 Å². The normalized spacial score (nSPS) is 12.9. The molecule has 16 heavy (non-hydrogen) atoms. The van der Waals surface area contributed by atoms with E-state index < -0.39 is 0 Å². The van der Waals surface area contributed by atoms with E-state index >= 15 is 0 Å². The van der Waals surface area contributed by atoms with Crippen molar-refractivity contribution in [2.75, 3.05) is 6.54 Å². The highest BCUT2D eigenvalue weighted by Gasteiger charge is 2.10. The highest BCUT2D eigenvalue weighted by Crippen LogP contribution is 2.13. The lowest BCUT2D eigenvalue weighted by Crippen LogP contribution is -2.13. The van der Waals surface area contributed by atoms with E-state index in [1.54, 1.807) is 11.3 Å². The Balaban J connectivity index is 1.97. The van der Waals surface area contributed by atoms with Crippen molar-refractivity contribution >= 4 is 11.3 Å². The summed E-state index contributed by atoms with van der Waals surface area (Å²) in [4.78, 5) is 5.60. The Morgan fingerprint density at radius 3 is 3.12 bits per heavy atom. The van der Waals surface area contributed by atoms with Crippen molar-refractivity contribution in [2.45, 2.75) is 19.8 Å². The monoisotopic (exact) mass is 237 g/mol. The first-order valence-electron chi connectivity index (χ1n) is 5.32. The molecule has 2 N–H and O–H groups in total. The molecule has 2 rings (SSSR count). The van der Waals surface area contributed by atoms with Gasteiger partial charge in [0.25, 0.3) is 0 Å². The fraction of sp³-hybridized carbons (Fsp3) is 0.455. The predicted octanol–water partition coefficient (Wildman–Crippen LogP) is 1.86. The van der Waals surface area contributed by atoms with Crippen molar-refractivity contribution in [3.63, 3.8) is 0 Å². The maximum atomic E-state index is 5.55. The van der Waals surface area contributed by atoms with Crippen LogP contribution in [0.15, 0.2) is 22.0 Å². The minimum absolute atomic E-state index is 0.384. The lowest BCUT2D eigenvalue weighted by atomic mass is 10.1. The Hall–Kier alpha value is -1.20. The van der Waals surface area contributed by atoms with Gasteiger partial charge in [-0.25, -0.2) is 0 Å². The van der Waals surface area contributed by atoms with Gasteiger partial charge in [-0.05, 0) is 23.9 Å². The van der Waals surface area contributed by atoms with Gasteiger partial charge in [-0.2, -0.15) is 4.98 Å². The van der Waals surface area contributed by atoms with Crippen LogP contribution in [0.1, 0.15) is 23.5 Å². The van der Waals surface area contributed by atoms with Crippen molar-refractivity contribution in [1.82, 2.24) is 10.1 Å². The van der Waals surface area contributed by atoms with Gasteiger partial charge in [-0.15, -0.1) is 11.3 Å². The minimum atomic E-state index is 0.384. The molecule has 0 bridgehead atoms. The summed E-state index contributed by atoms with van der Waals surface area (Å²) < 4.78 is 5.17. The number of nitrogens with zero attached hydrogens (tertiary/aromatic N) is 2. The van der Waals surface area contributed by atoms with Gasteiger partial charge in [0.05, 0.1) is 0 Å². The van der Waals surface area contributed by atoms with Gasteiger partial charge >= 0.3 is 0 Å². The molecular formula is C11H15N3OS. The summed E-state index contributed by atoms with van der Waals surface area (Å²) in [6.07, 6.45) is 1.51. The van der Waals surface area contributed by atoms with Gasteiger partial charge in [-0.1, -0.05) is 18.1 Å². The first-order chi connectivity index (χ1) is 7.78. The van der Waals surface area contributed by atoms with Crippen LogP contribution >= 0.6 is 11.3 Å². The molecule has 0 saturated heterocycles. The third kappa shape index (κ3) is 2.90. The van der Waals surface area contributed by atoms with Crippen LogP contribution in [-0.2, 0) is 12.8 Å². The zero-order valence-electron chi connectivity index (χ0n) is 9.22. The van der Waals surface area contributed by atoms with Crippen molar-refractivity contribution < 1.29 is 4.52 Å². The number of hydrogen-bond acceptors (Lipinski definition) is 5. The quantitative estimate of drug-likeness (QED) is 0.862. The van der Waals surface area contributed by atoms with E-state index in [9.17, 15) is 0 Å². The first kappa shape index (κ1) is 11.3. The van der Waals surface area contributed by atoms with E-state index in [4.69, 9.17) is 10.3 Å². The van der Waals surface area contributed by atoms with E-state index in [2.05, 4.69) is 23.1 Å². The standard InChI is InChI=1S/C11H15N3OS/c1-8(7-12)5-11-13-10(14-15-11)6-9-3-2-4-16-9/h2-4,8H,5-7,12H2,1H3. The number of rotatable bonds is 5. The molecule has 0 saturated carbocycles. The average molecular weight is 237 g/mol. The molecule has 4 nitrogen and oxygen atoms in total. The molecule has 1 atom stereocenters. The molecule has 2 aromatic heterocycles. The third-order valence-corrected chi connectivity index (χ3v) is 3.22. The summed E-state index contributed by atoms with van der Waals surface area (Å²) in [7, 11) is 0. The Bertz CT molecular complexity index is 424. The Morgan fingerprint density at radius 2 is 2.44 bits per heavy atom. The highest BCUT2D eigenvalue weighted by atomic mass is 32.1. The SMILES string of the molecule is CC(CN)Cc1nc(Cc2cccs2)no1. The molecule has 0 aliphatic carbocycles. The van der Waals surface area contributed by atoms with Crippen LogP contribution in [0.4, 0.5) is 0 Å². The van der Waals surface area contributed by atoms with E-state index in [1.165, 1.54) is 4.88 Å². The Morgan fingerprint density at radius 1 is 1.56 bits per heavy atom. The topological polar surface area (TPSA) is 64.9 Å². The van der Waals surface area contributed by atoms with Crippen molar-refractivity contribution in [2.24, 2.45) is 11.7 Å². The Labute approximate surface area is 98.5 Å². The fourth-order valence-electron chi connectivity index (χ4n) is 1.40. The van der Waals surface area contributed by atoms with Crippen LogP contribution < -0.4 is 5.73 Å². The van der Waals surface area contributed by atoms with Crippen molar-refractivity contribution in [3.05, 3.63) is 34.1 Å². The largest absolute Gasteiger partial charge is 0.339 e. The van der Waals surface area contributed by atoms with Gasteiger partial charge < -0.3 is 10.3 Å². The van der Waals surface area contributed by atoms with E-state index in [1.807, 2.05) is 11.4 Å². The molecule has 0 aliphatic rings. The molecule has 0 amide bonds. The lowest BCUT2D eigenvalue weighted by Gasteiger charge is -2.01. The molecule has 0 spiro atoms. The summed E-state index contributed by atoms with van der Waals surface area (Å²) in [5.74, 6) is 1.82. The van der Waals surface area contributed by atoms with Gasteiger partial charge in [0.2, 0.25) is 5.89 Å². The van der Waals surface area contributed by atoms with Crippen LogP contribution in [0, 0.1) is 5.92 Å². The molecule has 1 unspecified atom stereocenters. The second-order valence-electron chi connectivity index (χ2n) is 3.91. The molecule has 0 radical (unpaired) electrons. The second-order valence-corrected chi connectivity index (χ2v) is 4.94. The zero-order valence-corrected chi connectivity index (χ0v) is 10.0. The van der Waals surface area contributed by atoms with Crippen LogP contribution in [0.5, 0.6) is 0 Å². The second kappa shape index (κ2) is 5.23. The maximum absolute atomic E-state index is 5.55. The number of nitrogens with two attached hydrogens (primary N) is 1. The summed E-state index contributed by atoms with van der Waals surface area (Å²) >= 11 is 1.70. The van der Waals surface area contributed by atoms with Crippen LogP contribution in [-0.4, -0.2) is 16.7 Å². The van der Waals surface area contributed by atoms with Crippen LogP contribution in [0.2, 0.25) is 0 Å². The minimum Gasteiger partial charge on any atom is -0.339 e. The predicted molar refractivity (Wildman–Crippen MR) is 63.3 cm³/mol. The molecule has 0 aliphatic heterocycles. The lowest BCUT2D eigenvalue weighted by molar-refractivity contribution is 0.356. The summed E-state index contributed by atoms with van der Waals surface area (Å²) in [6, 6.07) is 4.10. The van der Waals surface area contributed by atoms with Gasteiger partial charge in [0, 0.05) is 17.7 Å². The van der Waals surface area contributed by atoms with Crippen LogP contribution in [0.25, 0.3) is 0 Å². The summed E-state index contributed by atoms with van der Waals surface area (Å²) in [5.41, 5.74) is 5.55. The van der Waals surface area contributed by atoms with E-state index in [-0.39, 0.29) is 0 Å². The maximum Gasteiger partial charge on any atom is 0.226 e. The summed E-state index contributed by atoms with van der Waals surface area (Å²) in [5, 5.41) is 6.01. The molecule has 2 aromatic rings. The summed E-state index contributed by atoms with van der Waals surface area (Å²) in [6.45, 7) is 2.71. The molecule has 0 fully saturated rings. The number of aromatic nitrogens is 2. The van der Waals surface area contributed by atoms with Crippen molar-refractivity contribution in [3.8, 4) is 0 Å². The van der Waals surface area contributed by atoms with E-state index in [0.29, 0.717) is 18.4 Å². The molecule has 2 heterocycles. The first-order valence-corrected chi connectivity index (χ1v) is 6.20. The number of thiophene rings is 1. The van der Waals surface area contributed by atoms with Gasteiger partial charge in [0.15, 0.2) is 5.82 Å². The average Bonchev–Trinajstić information content (AvgIpc) is 2.91. The third-order valence-electron chi connectivity index (χ3n) is 2.35.